The lowest BCUT2D eigenvalue weighted by molar-refractivity contribution is -0.117. The minimum atomic E-state index is -0.511. The van der Waals surface area contributed by atoms with Crippen LogP contribution in [0.3, 0.4) is 0 Å². The number of hydrogen-bond donors (Lipinski definition) is 3. The maximum absolute atomic E-state index is 13.1. The van der Waals surface area contributed by atoms with Crippen LogP contribution in [0.4, 0.5) is 10.1 Å². The van der Waals surface area contributed by atoms with E-state index in [1.807, 2.05) is 0 Å². The van der Waals surface area contributed by atoms with Crippen molar-refractivity contribution in [3.63, 3.8) is 0 Å². The zero-order valence-electron chi connectivity index (χ0n) is 7.88. The van der Waals surface area contributed by atoms with Gasteiger partial charge in [-0.3, -0.25) is 10.6 Å². The van der Waals surface area contributed by atoms with Crippen molar-refractivity contribution < 1.29 is 9.18 Å². The third-order valence-electron chi connectivity index (χ3n) is 1.62. The van der Waals surface area contributed by atoms with Crippen LogP contribution in [0.2, 0.25) is 0 Å². The van der Waals surface area contributed by atoms with E-state index in [2.05, 4.69) is 17.3 Å². The van der Waals surface area contributed by atoms with Crippen LogP contribution in [-0.4, -0.2) is 5.91 Å². The Balaban J connectivity index is 2.82. The molecule has 0 saturated carbocycles. The van der Waals surface area contributed by atoms with Crippen molar-refractivity contribution in [1.82, 2.24) is 0 Å². The summed E-state index contributed by atoms with van der Waals surface area (Å²) in [6.07, 6.45) is -0.0431. The first-order valence-electron chi connectivity index (χ1n) is 4.17. The number of hydrazine groups is 1. The van der Waals surface area contributed by atoms with Crippen molar-refractivity contribution in [3.8, 4) is 11.8 Å². The van der Waals surface area contributed by atoms with Gasteiger partial charge in [0.1, 0.15) is 5.82 Å². The number of carbonyl (C=O) groups is 1. The molecule has 0 aliphatic heterocycles. The SMILES string of the molecule is NNc1ccc(C#CCC(N)=O)cc1F. The van der Waals surface area contributed by atoms with Crippen LogP contribution in [0.15, 0.2) is 18.2 Å². The van der Waals surface area contributed by atoms with E-state index in [1.54, 1.807) is 6.07 Å². The highest BCUT2D eigenvalue weighted by Gasteiger charge is 1.99. The molecule has 0 fully saturated rings. The number of anilines is 1. The molecule has 0 aliphatic carbocycles. The molecule has 4 nitrogen and oxygen atoms in total. The fourth-order valence-electron chi connectivity index (χ4n) is 0.943. The number of nitrogens with two attached hydrogens (primary N) is 2. The van der Waals surface area contributed by atoms with E-state index in [4.69, 9.17) is 11.6 Å². The minimum absolute atomic E-state index is 0.0431. The van der Waals surface area contributed by atoms with Crippen molar-refractivity contribution >= 4 is 11.6 Å². The predicted octanol–water partition coefficient (Wildman–Crippen LogP) is 0.338. The zero-order valence-corrected chi connectivity index (χ0v) is 7.88. The lowest BCUT2D eigenvalue weighted by Gasteiger charge is -2.00. The Morgan fingerprint density at radius 2 is 2.27 bits per heavy atom. The quantitative estimate of drug-likeness (QED) is 0.371. The molecule has 0 radical (unpaired) electrons. The lowest BCUT2D eigenvalue weighted by atomic mass is 10.2. The van der Waals surface area contributed by atoms with Crippen LogP contribution in [0.1, 0.15) is 12.0 Å². The Kier molecular flexibility index (Phi) is 3.66. The fraction of sp³-hybridized carbons (Fsp3) is 0.100. The molecule has 0 aromatic heterocycles. The van der Waals surface area contributed by atoms with E-state index in [0.717, 1.165) is 0 Å². The first-order valence-corrected chi connectivity index (χ1v) is 4.17. The van der Waals surface area contributed by atoms with Gasteiger partial charge >= 0.3 is 0 Å². The average molecular weight is 207 g/mol. The van der Waals surface area contributed by atoms with E-state index in [1.165, 1.54) is 12.1 Å². The maximum Gasteiger partial charge on any atom is 0.229 e. The number of nitrogens with one attached hydrogen (secondary N) is 1. The van der Waals surface area contributed by atoms with Crippen LogP contribution in [0.25, 0.3) is 0 Å². The van der Waals surface area contributed by atoms with Gasteiger partial charge in [0.25, 0.3) is 0 Å². The second-order valence-corrected chi connectivity index (χ2v) is 2.78. The Morgan fingerprint density at radius 3 is 2.80 bits per heavy atom. The number of amides is 1. The molecule has 5 heteroatoms. The number of rotatable bonds is 2. The highest BCUT2D eigenvalue weighted by Crippen LogP contribution is 2.13. The smallest absolute Gasteiger partial charge is 0.229 e. The predicted molar refractivity (Wildman–Crippen MR) is 54.9 cm³/mol. The zero-order chi connectivity index (χ0) is 11.3. The molecule has 5 N–H and O–H groups in total. The Hall–Kier alpha value is -2.06. The largest absolute Gasteiger partial charge is 0.369 e. The second kappa shape index (κ2) is 4.98. The van der Waals surface area contributed by atoms with Gasteiger partial charge in [0.2, 0.25) is 5.91 Å². The highest BCUT2D eigenvalue weighted by atomic mass is 19.1. The summed E-state index contributed by atoms with van der Waals surface area (Å²) >= 11 is 0. The van der Waals surface area contributed by atoms with Crippen LogP contribution in [0, 0.1) is 17.7 Å². The van der Waals surface area contributed by atoms with Crippen LogP contribution in [0.5, 0.6) is 0 Å². The molecule has 0 atom stereocenters. The van der Waals surface area contributed by atoms with Crippen molar-refractivity contribution in [2.75, 3.05) is 5.43 Å². The van der Waals surface area contributed by atoms with E-state index >= 15 is 0 Å². The summed E-state index contributed by atoms with van der Waals surface area (Å²) in [5.41, 5.74) is 7.75. The molecular weight excluding hydrogens is 197 g/mol. The standard InChI is InChI=1S/C10H10FN3O/c11-8-6-7(2-1-3-10(12)15)4-5-9(8)14-13/h4-6,14H,3,13H2,(H2,12,15). The average Bonchev–Trinajstić information content (AvgIpc) is 2.17. The summed E-state index contributed by atoms with van der Waals surface area (Å²) in [7, 11) is 0. The molecule has 1 aromatic carbocycles. The van der Waals surface area contributed by atoms with E-state index in [-0.39, 0.29) is 12.1 Å². The van der Waals surface area contributed by atoms with Gasteiger partial charge in [0.05, 0.1) is 12.1 Å². The number of hydrogen-bond acceptors (Lipinski definition) is 3. The number of benzene rings is 1. The van der Waals surface area contributed by atoms with Gasteiger partial charge in [-0.15, -0.1) is 0 Å². The molecule has 78 valence electrons. The van der Waals surface area contributed by atoms with E-state index in [0.29, 0.717) is 5.56 Å². The first kappa shape index (κ1) is 11.0. The van der Waals surface area contributed by atoms with Gasteiger partial charge in [-0.05, 0) is 18.2 Å². The van der Waals surface area contributed by atoms with Gasteiger partial charge < -0.3 is 11.2 Å². The molecule has 0 spiro atoms. The minimum Gasteiger partial charge on any atom is -0.369 e. The van der Waals surface area contributed by atoms with Gasteiger partial charge in [-0.1, -0.05) is 11.8 Å². The van der Waals surface area contributed by atoms with Gasteiger partial charge in [-0.2, -0.15) is 0 Å². The third-order valence-corrected chi connectivity index (χ3v) is 1.62. The van der Waals surface area contributed by atoms with Crippen molar-refractivity contribution in [1.29, 1.82) is 0 Å². The van der Waals surface area contributed by atoms with Gasteiger partial charge in [-0.25, -0.2) is 4.39 Å². The fourth-order valence-corrected chi connectivity index (χ4v) is 0.943. The summed E-state index contributed by atoms with van der Waals surface area (Å²) in [5.74, 6) is 9.18. The van der Waals surface area contributed by atoms with Crippen molar-refractivity contribution in [3.05, 3.63) is 29.6 Å². The summed E-state index contributed by atoms with van der Waals surface area (Å²) in [5, 5.41) is 0. The highest BCUT2D eigenvalue weighted by molar-refractivity contribution is 5.76. The van der Waals surface area contributed by atoms with E-state index in [9.17, 15) is 9.18 Å². The second-order valence-electron chi connectivity index (χ2n) is 2.78. The van der Waals surface area contributed by atoms with Gasteiger partial charge in [0, 0.05) is 5.56 Å². The number of primary amides is 1. The summed E-state index contributed by atoms with van der Waals surface area (Å²) in [6.45, 7) is 0. The van der Waals surface area contributed by atoms with Crippen LogP contribution >= 0.6 is 0 Å². The molecule has 1 amide bonds. The molecule has 15 heavy (non-hydrogen) atoms. The summed E-state index contributed by atoms with van der Waals surface area (Å²) < 4.78 is 13.1. The summed E-state index contributed by atoms with van der Waals surface area (Å²) in [6, 6.07) is 4.28. The molecule has 0 aliphatic rings. The normalized spacial score (nSPS) is 8.93. The first-order chi connectivity index (χ1) is 7.13. The molecule has 0 unspecified atom stereocenters. The summed E-state index contributed by atoms with van der Waals surface area (Å²) in [4.78, 5) is 10.4. The van der Waals surface area contributed by atoms with Crippen LogP contribution < -0.4 is 17.0 Å². The molecule has 0 saturated heterocycles. The Bertz CT molecular complexity index is 434. The number of carbonyl (C=O) groups excluding carboxylic acids is 1. The maximum atomic E-state index is 13.1. The van der Waals surface area contributed by atoms with E-state index < -0.39 is 11.7 Å². The van der Waals surface area contributed by atoms with Crippen molar-refractivity contribution in [2.45, 2.75) is 6.42 Å². The Labute approximate surface area is 86.4 Å². The molecule has 1 rings (SSSR count). The number of nitrogen functional groups attached to an aromatic ring is 1. The molecule has 0 bridgehead atoms. The topological polar surface area (TPSA) is 81.1 Å². The molecular formula is C10H10FN3O. The molecule has 1 aromatic rings. The van der Waals surface area contributed by atoms with Crippen LogP contribution in [-0.2, 0) is 4.79 Å². The monoisotopic (exact) mass is 207 g/mol. The molecule has 0 heterocycles. The lowest BCUT2D eigenvalue weighted by Crippen LogP contribution is -2.08. The van der Waals surface area contributed by atoms with Crippen molar-refractivity contribution in [2.24, 2.45) is 11.6 Å². The number of halogens is 1. The Morgan fingerprint density at radius 1 is 1.53 bits per heavy atom. The third kappa shape index (κ3) is 3.29. The van der Waals surface area contributed by atoms with Gasteiger partial charge in [0.15, 0.2) is 0 Å².